The van der Waals surface area contributed by atoms with Crippen LogP contribution in [0.2, 0.25) is 0 Å². The Labute approximate surface area is 182 Å². The van der Waals surface area contributed by atoms with Gasteiger partial charge >= 0.3 is 0 Å². The molecule has 2 aliphatic rings. The Hall–Kier alpha value is -1.59. The van der Waals surface area contributed by atoms with Gasteiger partial charge in [-0.2, -0.15) is 0 Å². The number of rotatable bonds is 9. The first-order chi connectivity index (χ1) is 14.5. The van der Waals surface area contributed by atoms with E-state index in [-0.39, 0.29) is 5.91 Å². The molecule has 0 bridgehead atoms. The van der Waals surface area contributed by atoms with E-state index in [0.717, 1.165) is 56.2 Å². The molecule has 1 aliphatic heterocycles. The Morgan fingerprint density at radius 2 is 1.87 bits per heavy atom. The molecule has 1 saturated carbocycles. The Morgan fingerprint density at radius 1 is 1.13 bits per heavy atom. The molecule has 5 nitrogen and oxygen atoms in total. The number of likely N-dealkylation sites (tertiary alicyclic amines) is 1. The van der Waals surface area contributed by atoms with E-state index in [1.165, 1.54) is 32.4 Å². The summed E-state index contributed by atoms with van der Waals surface area (Å²) in [5, 5.41) is 3.07. The van der Waals surface area contributed by atoms with Crippen LogP contribution in [0.5, 0.6) is 5.75 Å². The van der Waals surface area contributed by atoms with Crippen molar-refractivity contribution in [2.24, 2.45) is 11.8 Å². The van der Waals surface area contributed by atoms with E-state index in [2.05, 4.69) is 24.1 Å². The monoisotopic (exact) mass is 416 g/mol. The van der Waals surface area contributed by atoms with Crippen molar-refractivity contribution in [2.75, 3.05) is 38.2 Å². The van der Waals surface area contributed by atoms with Gasteiger partial charge in [-0.3, -0.25) is 4.79 Å². The van der Waals surface area contributed by atoms with E-state index in [0.29, 0.717) is 12.5 Å². The van der Waals surface area contributed by atoms with Crippen LogP contribution < -0.4 is 10.1 Å². The highest BCUT2D eigenvalue weighted by molar-refractivity contribution is 5.97. The summed E-state index contributed by atoms with van der Waals surface area (Å²) in [7, 11) is 0. The van der Waals surface area contributed by atoms with Gasteiger partial charge in [0.25, 0.3) is 5.91 Å². The SMILES string of the molecule is CCO[C@@]1(C(=O)Nc2ccc(OCCCN3CCC(C)CC3)cc2)CCC[C@H](C)C1. The molecule has 0 radical (unpaired) electrons. The standard InChI is InChI=1S/C25H40N2O3/c1-4-30-25(14-5-7-21(3)19-25)24(28)26-22-8-10-23(11-9-22)29-18-6-15-27-16-12-20(2)13-17-27/h8-11,20-21H,4-7,12-19H2,1-3H3,(H,26,28)/t21-,25-/m0/s1. The third-order valence-electron chi connectivity index (χ3n) is 6.67. The number of hydrogen-bond donors (Lipinski definition) is 1. The Balaban J connectivity index is 1.44. The van der Waals surface area contributed by atoms with Crippen molar-refractivity contribution in [2.45, 2.75) is 71.3 Å². The van der Waals surface area contributed by atoms with Crippen LogP contribution in [-0.2, 0) is 9.53 Å². The lowest BCUT2D eigenvalue weighted by Crippen LogP contribution is -2.48. The number of benzene rings is 1. The number of amides is 1. The van der Waals surface area contributed by atoms with Gasteiger partial charge in [0, 0.05) is 18.8 Å². The van der Waals surface area contributed by atoms with Crippen LogP contribution in [0.25, 0.3) is 0 Å². The predicted molar refractivity (Wildman–Crippen MR) is 122 cm³/mol. The summed E-state index contributed by atoms with van der Waals surface area (Å²) in [5.74, 6) is 2.23. The van der Waals surface area contributed by atoms with Crippen molar-refractivity contribution in [3.63, 3.8) is 0 Å². The van der Waals surface area contributed by atoms with Gasteiger partial charge in [-0.1, -0.05) is 20.3 Å². The fraction of sp³-hybridized carbons (Fsp3) is 0.720. The Morgan fingerprint density at radius 3 is 2.53 bits per heavy atom. The Kier molecular flexibility index (Phi) is 8.58. The molecule has 1 aromatic carbocycles. The molecule has 2 atom stereocenters. The molecule has 2 fully saturated rings. The van der Waals surface area contributed by atoms with Crippen molar-refractivity contribution in [1.82, 2.24) is 4.90 Å². The summed E-state index contributed by atoms with van der Waals surface area (Å²) < 4.78 is 11.9. The largest absolute Gasteiger partial charge is 0.494 e. The van der Waals surface area contributed by atoms with E-state index in [4.69, 9.17) is 9.47 Å². The van der Waals surface area contributed by atoms with Crippen molar-refractivity contribution in [1.29, 1.82) is 0 Å². The maximum absolute atomic E-state index is 13.0. The van der Waals surface area contributed by atoms with Crippen molar-refractivity contribution < 1.29 is 14.3 Å². The first kappa shape index (κ1) is 23.1. The lowest BCUT2D eigenvalue weighted by atomic mass is 9.78. The molecule has 3 rings (SSSR count). The fourth-order valence-electron chi connectivity index (χ4n) is 4.83. The molecule has 1 saturated heterocycles. The zero-order chi connectivity index (χ0) is 21.4. The second kappa shape index (κ2) is 11.1. The number of carbonyl (C=O) groups is 1. The van der Waals surface area contributed by atoms with Gasteiger partial charge in [-0.25, -0.2) is 0 Å². The zero-order valence-electron chi connectivity index (χ0n) is 19.1. The molecule has 1 amide bonds. The highest BCUT2D eigenvalue weighted by Gasteiger charge is 2.42. The molecule has 5 heteroatoms. The van der Waals surface area contributed by atoms with Crippen molar-refractivity contribution in [3.05, 3.63) is 24.3 Å². The first-order valence-electron chi connectivity index (χ1n) is 11.9. The number of carbonyl (C=O) groups excluding carboxylic acids is 1. The highest BCUT2D eigenvalue weighted by Crippen LogP contribution is 2.36. The second-order valence-corrected chi connectivity index (χ2v) is 9.33. The lowest BCUT2D eigenvalue weighted by Gasteiger charge is -2.38. The summed E-state index contributed by atoms with van der Waals surface area (Å²) in [5.41, 5.74) is 0.112. The minimum atomic E-state index is -0.687. The van der Waals surface area contributed by atoms with Crippen LogP contribution in [0, 0.1) is 11.8 Å². The molecule has 0 spiro atoms. The molecule has 168 valence electrons. The van der Waals surface area contributed by atoms with Crippen LogP contribution in [0.15, 0.2) is 24.3 Å². The van der Waals surface area contributed by atoms with E-state index >= 15 is 0 Å². The quantitative estimate of drug-likeness (QED) is 0.568. The minimum absolute atomic E-state index is 0.0135. The zero-order valence-corrected chi connectivity index (χ0v) is 19.1. The van der Waals surface area contributed by atoms with Crippen LogP contribution in [0.1, 0.15) is 65.7 Å². The summed E-state index contributed by atoms with van der Waals surface area (Å²) in [6.45, 7) is 11.4. The number of nitrogens with zero attached hydrogens (tertiary/aromatic N) is 1. The van der Waals surface area contributed by atoms with Crippen molar-refractivity contribution in [3.8, 4) is 5.75 Å². The van der Waals surface area contributed by atoms with Gasteiger partial charge < -0.3 is 19.7 Å². The number of ether oxygens (including phenoxy) is 2. The van der Waals surface area contributed by atoms with Gasteiger partial charge in [0.15, 0.2) is 0 Å². The van der Waals surface area contributed by atoms with E-state index < -0.39 is 5.60 Å². The average Bonchev–Trinajstić information content (AvgIpc) is 2.74. The van der Waals surface area contributed by atoms with E-state index in [1.807, 2.05) is 31.2 Å². The molecule has 1 heterocycles. The fourth-order valence-corrected chi connectivity index (χ4v) is 4.83. The average molecular weight is 417 g/mol. The molecular formula is C25H40N2O3. The van der Waals surface area contributed by atoms with E-state index in [1.54, 1.807) is 0 Å². The Bertz CT molecular complexity index is 651. The molecule has 30 heavy (non-hydrogen) atoms. The lowest BCUT2D eigenvalue weighted by molar-refractivity contribution is -0.147. The maximum Gasteiger partial charge on any atom is 0.256 e. The molecule has 1 aromatic rings. The topological polar surface area (TPSA) is 50.8 Å². The van der Waals surface area contributed by atoms with Crippen LogP contribution in [-0.4, -0.2) is 49.3 Å². The normalized spacial score (nSPS) is 25.8. The third kappa shape index (κ3) is 6.45. The van der Waals surface area contributed by atoms with E-state index in [9.17, 15) is 4.79 Å². The molecular weight excluding hydrogens is 376 g/mol. The molecule has 1 aliphatic carbocycles. The molecule has 0 unspecified atom stereocenters. The van der Waals surface area contributed by atoms with Crippen molar-refractivity contribution >= 4 is 11.6 Å². The van der Waals surface area contributed by atoms with Gasteiger partial charge in [-0.05, 0) is 94.6 Å². The molecule has 1 N–H and O–H groups in total. The minimum Gasteiger partial charge on any atom is -0.494 e. The smallest absolute Gasteiger partial charge is 0.256 e. The summed E-state index contributed by atoms with van der Waals surface area (Å²) in [6, 6.07) is 7.72. The third-order valence-corrected chi connectivity index (χ3v) is 6.67. The van der Waals surface area contributed by atoms with Gasteiger partial charge in [-0.15, -0.1) is 0 Å². The van der Waals surface area contributed by atoms with Crippen LogP contribution >= 0.6 is 0 Å². The number of anilines is 1. The van der Waals surface area contributed by atoms with Gasteiger partial charge in [0.05, 0.1) is 6.61 Å². The predicted octanol–water partition coefficient (Wildman–Crippen LogP) is 5.11. The number of hydrogen-bond acceptors (Lipinski definition) is 4. The van der Waals surface area contributed by atoms with Crippen LogP contribution in [0.3, 0.4) is 0 Å². The first-order valence-corrected chi connectivity index (χ1v) is 11.9. The van der Waals surface area contributed by atoms with Gasteiger partial charge in [0.1, 0.15) is 11.4 Å². The second-order valence-electron chi connectivity index (χ2n) is 9.33. The van der Waals surface area contributed by atoms with Gasteiger partial charge in [0.2, 0.25) is 0 Å². The maximum atomic E-state index is 13.0. The van der Waals surface area contributed by atoms with Crippen LogP contribution in [0.4, 0.5) is 5.69 Å². The molecule has 0 aromatic heterocycles. The summed E-state index contributed by atoms with van der Waals surface area (Å²) in [6.07, 6.45) is 7.48. The summed E-state index contributed by atoms with van der Waals surface area (Å²) in [4.78, 5) is 15.6. The number of nitrogens with one attached hydrogen (secondary N) is 1. The number of piperidine rings is 1. The summed E-state index contributed by atoms with van der Waals surface area (Å²) >= 11 is 0. The highest BCUT2D eigenvalue weighted by atomic mass is 16.5.